The van der Waals surface area contributed by atoms with Gasteiger partial charge in [-0.15, -0.1) is 23.1 Å². The number of alkyl halides is 3. The number of halogens is 3. The first-order chi connectivity index (χ1) is 23.9. The summed E-state index contributed by atoms with van der Waals surface area (Å²) in [6.07, 6.45) is -5.16. The van der Waals surface area contributed by atoms with E-state index in [1.54, 1.807) is 43.7 Å². The SMILES string of the molecule is CCOC(=O)C(C)Oc1ccc(SCc2sc(-c3ccc(C(F)(F)F)cc3)nc2CN2CCN(C(=O)Nc3cccc(OC)c3)CC2)cc1C. The number of amides is 2. The van der Waals surface area contributed by atoms with Crippen LogP contribution in [0.1, 0.15) is 35.5 Å². The van der Waals surface area contributed by atoms with Crippen molar-refractivity contribution in [3.05, 3.63) is 88.4 Å². The van der Waals surface area contributed by atoms with Crippen molar-refractivity contribution in [2.24, 2.45) is 0 Å². The Balaban J connectivity index is 1.27. The Hall–Kier alpha value is -4.27. The normalized spacial score (nSPS) is 14.3. The fourth-order valence-electron chi connectivity index (χ4n) is 5.26. The average Bonchev–Trinajstić information content (AvgIpc) is 3.50. The summed E-state index contributed by atoms with van der Waals surface area (Å²) in [5.74, 6) is 1.41. The molecule has 1 aromatic heterocycles. The minimum atomic E-state index is -4.42. The topological polar surface area (TPSA) is 93.2 Å². The molecule has 266 valence electrons. The van der Waals surface area contributed by atoms with Gasteiger partial charge in [0.05, 0.1) is 25.0 Å². The predicted octanol–water partition coefficient (Wildman–Crippen LogP) is 8.12. The number of carbonyl (C=O) groups excluding carboxylic acids is 2. The smallest absolute Gasteiger partial charge is 0.416 e. The molecule has 1 aliphatic rings. The van der Waals surface area contributed by atoms with E-state index in [0.29, 0.717) is 66.2 Å². The molecule has 2 amide bonds. The Morgan fingerprint density at radius 1 is 1.04 bits per heavy atom. The van der Waals surface area contributed by atoms with Crippen molar-refractivity contribution in [1.82, 2.24) is 14.8 Å². The summed E-state index contributed by atoms with van der Waals surface area (Å²) >= 11 is 3.08. The van der Waals surface area contributed by atoms with Gasteiger partial charge in [0, 0.05) is 65.6 Å². The van der Waals surface area contributed by atoms with E-state index < -0.39 is 23.8 Å². The number of methoxy groups -OCH3 is 1. The lowest BCUT2D eigenvalue weighted by Crippen LogP contribution is -2.49. The van der Waals surface area contributed by atoms with Crippen molar-refractivity contribution in [1.29, 1.82) is 0 Å². The molecule has 1 unspecified atom stereocenters. The van der Waals surface area contributed by atoms with Gasteiger partial charge in [-0.05, 0) is 68.8 Å². The second-order valence-corrected chi connectivity index (χ2v) is 13.7. The number of rotatable bonds is 12. The monoisotopic (exact) mass is 728 g/mol. The lowest BCUT2D eigenvalue weighted by molar-refractivity contribution is -0.150. The van der Waals surface area contributed by atoms with Gasteiger partial charge >= 0.3 is 18.2 Å². The molecule has 4 aromatic rings. The zero-order valence-electron chi connectivity index (χ0n) is 28.2. The molecule has 2 heterocycles. The number of urea groups is 1. The number of piperazine rings is 1. The third-order valence-electron chi connectivity index (χ3n) is 8.03. The molecule has 3 aromatic carbocycles. The molecule has 0 saturated carbocycles. The minimum absolute atomic E-state index is 0.185. The van der Waals surface area contributed by atoms with Gasteiger partial charge in [-0.1, -0.05) is 18.2 Å². The summed E-state index contributed by atoms with van der Waals surface area (Å²) in [5.41, 5.74) is 2.29. The molecular formula is C36H39F3N4O5S2. The first-order valence-electron chi connectivity index (χ1n) is 16.1. The Bertz CT molecular complexity index is 1780. The van der Waals surface area contributed by atoms with Gasteiger partial charge in [0.1, 0.15) is 16.5 Å². The largest absolute Gasteiger partial charge is 0.497 e. The second kappa shape index (κ2) is 16.6. The standard InChI is InChI=1S/C36H39F3N4O5S2/c1-5-47-34(44)24(3)48-31-14-13-29(19-23(31)2)49-22-32-30(41-33(50-32)25-9-11-26(12-10-25)36(37,38)39)21-42-15-17-43(18-16-42)35(45)40-27-7-6-8-28(20-27)46-4/h6-14,19-20,24H,5,15-18,21-22H2,1-4H3,(H,40,45). The van der Waals surface area contributed by atoms with Crippen molar-refractivity contribution in [3.63, 3.8) is 0 Å². The highest BCUT2D eigenvalue weighted by Crippen LogP contribution is 2.37. The molecule has 1 atom stereocenters. The van der Waals surface area contributed by atoms with Gasteiger partial charge in [0.2, 0.25) is 0 Å². The number of hydrogen-bond donors (Lipinski definition) is 1. The highest BCUT2D eigenvalue weighted by molar-refractivity contribution is 7.98. The van der Waals surface area contributed by atoms with E-state index in [1.807, 2.05) is 43.3 Å². The molecule has 1 aliphatic heterocycles. The summed E-state index contributed by atoms with van der Waals surface area (Å²) in [5, 5.41) is 3.58. The van der Waals surface area contributed by atoms with Crippen LogP contribution in [0.5, 0.6) is 11.5 Å². The van der Waals surface area contributed by atoms with Crippen LogP contribution in [0.4, 0.5) is 23.7 Å². The van der Waals surface area contributed by atoms with Gasteiger partial charge in [-0.3, -0.25) is 4.90 Å². The van der Waals surface area contributed by atoms with Crippen LogP contribution in [-0.2, 0) is 28.0 Å². The molecule has 9 nitrogen and oxygen atoms in total. The van der Waals surface area contributed by atoms with E-state index in [0.717, 1.165) is 33.2 Å². The molecule has 1 saturated heterocycles. The number of esters is 1. The molecule has 0 radical (unpaired) electrons. The third-order valence-corrected chi connectivity index (χ3v) is 10.4. The van der Waals surface area contributed by atoms with Crippen LogP contribution in [0, 0.1) is 6.92 Å². The molecule has 1 fully saturated rings. The van der Waals surface area contributed by atoms with Crippen LogP contribution < -0.4 is 14.8 Å². The number of hydrogen-bond acceptors (Lipinski definition) is 9. The van der Waals surface area contributed by atoms with Crippen molar-refractivity contribution in [3.8, 4) is 22.1 Å². The number of benzene rings is 3. The minimum Gasteiger partial charge on any atom is -0.497 e. The van der Waals surface area contributed by atoms with Crippen LogP contribution in [0.3, 0.4) is 0 Å². The molecule has 0 spiro atoms. The number of nitrogens with zero attached hydrogens (tertiary/aromatic N) is 3. The van der Waals surface area contributed by atoms with E-state index >= 15 is 0 Å². The summed E-state index contributed by atoms with van der Waals surface area (Å²) in [4.78, 5) is 35.9. The lowest BCUT2D eigenvalue weighted by atomic mass is 10.1. The number of thiazole rings is 1. The molecule has 5 rings (SSSR count). The zero-order chi connectivity index (χ0) is 35.8. The molecule has 0 bridgehead atoms. The van der Waals surface area contributed by atoms with Crippen molar-refractivity contribution < 1.29 is 37.0 Å². The van der Waals surface area contributed by atoms with Crippen molar-refractivity contribution in [2.45, 2.75) is 50.2 Å². The highest BCUT2D eigenvalue weighted by atomic mass is 32.2. The maximum Gasteiger partial charge on any atom is 0.416 e. The number of thioether (sulfide) groups is 1. The summed E-state index contributed by atoms with van der Waals surface area (Å²) in [6, 6.07) is 17.8. The molecule has 0 aliphatic carbocycles. The van der Waals surface area contributed by atoms with E-state index in [4.69, 9.17) is 19.2 Å². The van der Waals surface area contributed by atoms with Crippen LogP contribution in [0.15, 0.2) is 71.6 Å². The van der Waals surface area contributed by atoms with Gasteiger partial charge < -0.3 is 24.4 Å². The number of aryl methyl sites for hydroxylation is 1. The predicted molar refractivity (Wildman–Crippen MR) is 189 cm³/mol. The van der Waals surface area contributed by atoms with Crippen LogP contribution in [0.25, 0.3) is 10.6 Å². The highest BCUT2D eigenvalue weighted by Gasteiger charge is 2.30. The number of nitrogens with one attached hydrogen (secondary N) is 1. The number of anilines is 1. The van der Waals surface area contributed by atoms with E-state index in [9.17, 15) is 22.8 Å². The van der Waals surface area contributed by atoms with Crippen LogP contribution in [-0.4, -0.2) is 72.8 Å². The van der Waals surface area contributed by atoms with Crippen molar-refractivity contribution in [2.75, 3.05) is 45.2 Å². The van der Waals surface area contributed by atoms with Crippen molar-refractivity contribution >= 4 is 40.8 Å². The Kier molecular flexibility index (Phi) is 12.3. The first-order valence-corrected chi connectivity index (χ1v) is 17.9. The van der Waals surface area contributed by atoms with E-state index in [2.05, 4.69) is 10.2 Å². The van der Waals surface area contributed by atoms with Gasteiger partial charge in [-0.2, -0.15) is 13.2 Å². The van der Waals surface area contributed by atoms with E-state index in [-0.39, 0.29) is 12.6 Å². The number of carbonyl (C=O) groups is 2. The Labute approximate surface area is 297 Å². The molecule has 14 heteroatoms. The third kappa shape index (κ3) is 9.70. The fourth-order valence-corrected chi connectivity index (χ4v) is 7.43. The van der Waals surface area contributed by atoms with E-state index in [1.165, 1.54) is 23.5 Å². The maximum absolute atomic E-state index is 13.2. The van der Waals surface area contributed by atoms with Gasteiger partial charge in [0.15, 0.2) is 6.10 Å². The van der Waals surface area contributed by atoms with Gasteiger partial charge in [0.25, 0.3) is 0 Å². The summed E-state index contributed by atoms with van der Waals surface area (Å²) < 4.78 is 55.8. The number of ether oxygens (including phenoxy) is 3. The molecule has 50 heavy (non-hydrogen) atoms. The lowest BCUT2D eigenvalue weighted by Gasteiger charge is -2.34. The first kappa shape index (κ1) is 37.0. The summed E-state index contributed by atoms with van der Waals surface area (Å²) in [7, 11) is 1.57. The Morgan fingerprint density at radius 2 is 1.78 bits per heavy atom. The fraction of sp³-hybridized carbons (Fsp3) is 0.361. The quantitative estimate of drug-likeness (QED) is 0.116. The van der Waals surface area contributed by atoms with Crippen LogP contribution >= 0.6 is 23.1 Å². The number of aromatic nitrogens is 1. The molecular weight excluding hydrogens is 690 g/mol. The average molecular weight is 729 g/mol. The zero-order valence-corrected chi connectivity index (χ0v) is 29.8. The van der Waals surface area contributed by atoms with Crippen LogP contribution in [0.2, 0.25) is 0 Å². The van der Waals surface area contributed by atoms with Gasteiger partial charge in [-0.25, -0.2) is 14.6 Å². The maximum atomic E-state index is 13.2. The second-order valence-electron chi connectivity index (χ2n) is 11.6. The molecule has 1 N–H and O–H groups in total. The Morgan fingerprint density at radius 3 is 2.44 bits per heavy atom. The summed E-state index contributed by atoms with van der Waals surface area (Å²) in [6.45, 7) is 8.44.